The van der Waals surface area contributed by atoms with Crippen molar-refractivity contribution in [2.75, 3.05) is 132 Å². The first kappa shape index (κ1) is 28.8. The fraction of sp³-hybridized carbons (Fsp3) is 1.00. The molecule has 0 amide bonds. The highest BCUT2D eigenvalue weighted by Crippen LogP contribution is 1.99. The highest BCUT2D eigenvalue weighted by molar-refractivity contribution is 4.66. The van der Waals surface area contributed by atoms with Crippen LogP contribution in [0.2, 0.25) is 0 Å². The van der Waals surface area contributed by atoms with Crippen LogP contribution >= 0.6 is 0 Å². The van der Waals surface area contributed by atoms with E-state index < -0.39 is 12.2 Å². The van der Waals surface area contributed by atoms with E-state index in [1.807, 2.05) is 0 Å². The van der Waals surface area contributed by atoms with Gasteiger partial charge in [-0.2, -0.15) is 0 Å². The number of fused-ring (bicyclic) bond motifs is 26. The average molecular weight is 481 g/mol. The molecule has 11 heteroatoms. The lowest BCUT2D eigenvalue weighted by molar-refractivity contribution is -0.0312. The van der Waals surface area contributed by atoms with Crippen LogP contribution < -0.4 is 0 Å². The average Bonchev–Trinajstić information content (AvgIpc) is 2.79. The van der Waals surface area contributed by atoms with E-state index in [1.165, 1.54) is 0 Å². The first-order valence-corrected chi connectivity index (χ1v) is 12.1. The molecule has 0 spiro atoms. The predicted molar refractivity (Wildman–Crippen MR) is 121 cm³/mol. The summed E-state index contributed by atoms with van der Waals surface area (Å²) in [6, 6.07) is 0. The van der Waals surface area contributed by atoms with Crippen molar-refractivity contribution in [1.29, 1.82) is 0 Å². The highest BCUT2D eigenvalue weighted by Gasteiger charge is 2.14. The van der Waals surface area contributed by atoms with Gasteiger partial charge in [-0.3, -0.25) is 9.80 Å². The first-order valence-electron chi connectivity index (χ1n) is 12.1. The molecule has 0 saturated carbocycles. The molecule has 3 aliphatic heterocycles. The highest BCUT2D eigenvalue weighted by atomic mass is 16.6. The summed E-state index contributed by atoms with van der Waals surface area (Å²) >= 11 is 0. The van der Waals surface area contributed by atoms with Crippen molar-refractivity contribution >= 4 is 0 Å². The third-order valence-corrected chi connectivity index (χ3v) is 5.25. The van der Waals surface area contributed by atoms with Gasteiger partial charge in [-0.05, 0) is 0 Å². The molecular weight excluding hydrogens is 436 g/mol. The molecule has 0 aromatic heterocycles. The molecule has 33 heavy (non-hydrogen) atoms. The standard InChI is InChI=1S/C22H44N2O9/c25-21-17-23-1-5-27-9-10-29-7-3-24(4-8-30-12-11-28-6-2-23)18-22(26)20-33-16-14-31-13-15-32-19-21/h21-22,25-26H,1-20H2. The summed E-state index contributed by atoms with van der Waals surface area (Å²) in [6.07, 6.45) is -1.21. The lowest BCUT2D eigenvalue weighted by Crippen LogP contribution is -2.40. The summed E-state index contributed by atoms with van der Waals surface area (Å²) in [4.78, 5) is 4.23. The van der Waals surface area contributed by atoms with Gasteiger partial charge in [0, 0.05) is 39.3 Å². The van der Waals surface area contributed by atoms with Crippen LogP contribution in [-0.2, 0) is 33.2 Å². The van der Waals surface area contributed by atoms with E-state index in [9.17, 15) is 10.2 Å². The van der Waals surface area contributed by atoms with Crippen LogP contribution in [0.1, 0.15) is 0 Å². The van der Waals surface area contributed by atoms with E-state index in [0.717, 1.165) is 0 Å². The van der Waals surface area contributed by atoms with Crippen LogP contribution in [0.25, 0.3) is 0 Å². The maximum absolute atomic E-state index is 10.4. The fourth-order valence-electron chi connectivity index (χ4n) is 3.49. The fourth-order valence-corrected chi connectivity index (χ4v) is 3.49. The van der Waals surface area contributed by atoms with Crippen molar-refractivity contribution in [2.45, 2.75) is 12.2 Å². The molecule has 3 rings (SSSR count). The van der Waals surface area contributed by atoms with Crippen LogP contribution in [-0.4, -0.2) is 164 Å². The van der Waals surface area contributed by atoms with Crippen molar-refractivity contribution in [3.63, 3.8) is 0 Å². The summed E-state index contributed by atoms with van der Waals surface area (Å²) in [5.74, 6) is 0. The number of ether oxygens (including phenoxy) is 7. The normalized spacial score (nSPS) is 32.9. The van der Waals surface area contributed by atoms with Gasteiger partial charge in [-0.1, -0.05) is 0 Å². The zero-order valence-corrected chi connectivity index (χ0v) is 19.9. The number of hydrogen-bond donors (Lipinski definition) is 2. The monoisotopic (exact) mass is 480 g/mol. The Morgan fingerprint density at radius 1 is 0.394 bits per heavy atom. The molecule has 0 aliphatic carbocycles. The van der Waals surface area contributed by atoms with Crippen LogP contribution in [0.4, 0.5) is 0 Å². The van der Waals surface area contributed by atoms with Crippen molar-refractivity contribution in [2.24, 2.45) is 0 Å². The summed E-state index contributed by atoms with van der Waals surface area (Å²) in [5, 5.41) is 20.7. The van der Waals surface area contributed by atoms with E-state index in [1.54, 1.807) is 0 Å². The smallest absolute Gasteiger partial charge is 0.0900 e. The molecule has 2 unspecified atom stereocenters. The van der Waals surface area contributed by atoms with Gasteiger partial charge in [0.1, 0.15) is 0 Å². The third-order valence-electron chi connectivity index (χ3n) is 5.25. The minimum Gasteiger partial charge on any atom is -0.389 e. The molecule has 0 radical (unpaired) electrons. The van der Waals surface area contributed by atoms with Crippen LogP contribution in [0.5, 0.6) is 0 Å². The molecule has 2 N–H and O–H groups in total. The van der Waals surface area contributed by atoms with Crippen molar-refractivity contribution in [1.82, 2.24) is 9.80 Å². The zero-order valence-electron chi connectivity index (χ0n) is 19.9. The quantitative estimate of drug-likeness (QED) is 0.393. The first-order chi connectivity index (χ1) is 16.2. The summed E-state index contributed by atoms with van der Waals surface area (Å²) in [6.45, 7) is 10.1. The topological polar surface area (TPSA) is 112 Å². The third kappa shape index (κ3) is 16.0. The van der Waals surface area contributed by atoms with Gasteiger partial charge in [0.15, 0.2) is 0 Å². The Hall–Kier alpha value is -0.440. The maximum Gasteiger partial charge on any atom is 0.0900 e. The van der Waals surface area contributed by atoms with Gasteiger partial charge in [0.05, 0.1) is 105 Å². The molecule has 196 valence electrons. The van der Waals surface area contributed by atoms with Gasteiger partial charge in [0.25, 0.3) is 0 Å². The van der Waals surface area contributed by atoms with Gasteiger partial charge in [-0.25, -0.2) is 0 Å². The number of aliphatic hydroxyl groups excluding tert-OH is 2. The Morgan fingerprint density at radius 3 is 1.00 bits per heavy atom. The molecule has 3 aliphatic rings. The lowest BCUT2D eigenvalue weighted by Gasteiger charge is -2.26. The SMILES string of the molecule is OC1COCCOCCOCC(O)CN2CCOCCOCCN(CCOCCOCC2)C1. The van der Waals surface area contributed by atoms with Gasteiger partial charge in [-0.15, -0.1) is 0 Å². The molecule has 3 fully saturated rings. The minimum absolute atomic E-state index is 0.239. The zero-order chi connectivity index (χ0) is 23.4. The number of nitrogens with zero attached hydrogens (tertiary/aromatic N) is 2. The number of hydrogen-bond acceptors (Lipinski definition) is 11. The van der Waals surface area contributed by atoms with E-state index in [-0.39, 0.29) is 13.2 Å². The molecule has 2 bridgehead atoms. The number of aliphatic hydroxyl groups is 2. The Balaban J connectivity index is 1.92. The van der Waals surface area contributed by atoms with Crippen LogP contribution in [0.3, 0.4) is 0 Å². The molecule has 3 saturated heterocycles. The predicted octanol–water partition coefficient (Wildman–Crippen LogP) is -1.54. The van der Waals surface area contributed by atoms with Crippen molar-refractivity contribution < 1.29 is 43.4 Å². The summed E-state index contributed by atoms with van der Waals surface area (Å²) in [5.41, 5.74) is 0. The van der Waals surface area contributed by atoms with Gasteiger partial charge in [0.2, 0.25) is 0 Å². The van der Waals surface area contributed by atoms with E-state index in [4.69, 9.17) is 33.2 Å². The maximum atomic E-state index is 10.4. The summed E-state index contributed by atoms with van der Waals surface area (Å²) < 4.78 is 39.4. The second-order valence-corrected chi connectivity index (χ2v) is 8.12. The Labute approximate surface area is 197 Å². The van der Waals surface area contributed by atoms with Crippen LogP contribution in [0.15, 0.2) is 0 Å². The second-order valence-electron chi connectivity index (χ2n) is 8.12. The lowest BCUT2D eigenvalue weighted by atomic mass is 10.3. The Morgan fingerprint density at radius 2 is 0.667 bits per heavy atom. The van der Waals surface area contributed by atoms with Crippen LogP contribution in [0, 0.1) is 0 Å². The number of rotatable bonds is 0. The van der Waals surface area contributed by atoms with E-state index in [0.29, 0.717) is 119 Å². The molecular formula is C22H44N2O9. The second kappa shape index (κ2) is 19.8. The Bertz CT molecular complexity index is 392. The molecule has 11 nitrogen and oxygen atoms in total. The van der Waals surface area contributed by atoms with Gasteiger partial charge < -0.3 is 43.4 Å². The van der Waals surface area contributed by atoms with Crippen molar-refractivity contribution in [3.8, 4) is 0 Å². The van der Waals surface area contributed by atoms with E-state index in [2.05, 4.69) is 9.80 Å². The summed E-state index contributed by atoms with van der Waals surface area (Å²) in [7, 11) is 0. The van der Waals surface area contributed by atoms with E-state index >= 15 is 0 Å². The molecule has 0 aromatic rings. The molecule has 3 heterocycles. The van der Waals surface area contributed by atoms with Crippen molar-refractivity contribution in [3.05, 3.63) is 0 Å². The molecule has 0 aromatic carbocycles. The largest absolute Gasteiger partial charge is 0.389 e. The minimum atomic E-state index is -0.607. The molecule has 2 atom stereocenters. The van der Waals surface area contributed by atoms with Gasteiger partial charge >= 0.3 is 0 Å². The Kier molecular flexibility index (Phi) is 17.3.